The number of hydrogen-bond donors (Lipinski definition) is 1. The van der Waals surface area contributed by atoms with Crippen LogP contribution in [0.4, 0.5) is 5.69 Å². The fourth-order valence-corrected chi connectivity index (χ4v) is 5.69. The molecule has 1 N–H and O–H groups in total. The van der Waals surface area contributed by atoms with Crippen LogP contribution in [-0.4, -0.2) is 58.5 Å². The van der Waals surface area contributed by atoms with Gasteiger partial charge in [-0.25, -0.2) is 13.2 Å². The molecule has 1 atom stereocenters. The van der Waals surface area contributed by atoms with Crippen LogP contribution in [-0.2, 0) is 14.8 Å². The second-order valence-electron chi connectivity index (χ2n) is 7.68. The first-order valence-corrected chi connectivity index (χ1v) is 11.9. The lowest BCUT2D eigenvalue weighted by Crippen LogP contribution is -2.42. The molecule has 178 valence electrons. The van der Waals surface area contributed by atoms with Gasteiger partial charge in [0.2, 0.25) is 10.0 Å². The Morgan fingerprint density at radius 1 is 1.03 bits per heavy atom. The maximum Gasteiger partial charge on any atom is 0.340 e. The fourth-order valence-electron chi connectivity index (χ4n) is 3.81. The molecular formula is C23H28N2O7S. The average Bonchev–Trinajstić information content (AvgIpc) is 2.83. The maximum absolute atomic E-state index is 13.4. The summed E-state index contributed by atoms with van der Waals surface area (Å²) in [6, 6.07) is 8.62. The molecule has 0 spiro atoms. The standard InChI is InChI=1S/C23H28N2O7S/c1-15-7-5-6-12-25(15)33(28,29)21-13-16(8-11-20(21)31-3)22(26)24-19-10-9-17(30-2)14-18(19)23(27)32-4/h8-11,13-15H,5-7,12H2,1-4H3,(H,24,26). The van der Waals surface area contributed by atoms with Crippen molar-refractivity contribution in [3.05, 3.63) is 47.5 Å². The minimum atomic E-state index is -3.88. The molecule has 0 radical (unpaired) electrons. The van der Waals surface area contributed by atoms with E-state index < -0.39 is 21.9 Å². The number of amides is 1. The molecule has 1 fully saturated rings. The van der Waals surface area contributed by atoms with Gasteiger partial charge in [0.25, 0.3) is 5.91 Å². The number of piperidine rings is 1. The summed E-state index contributed by atoms with van der Waals surface area (Å²) in [5.74, 6) is -0.664. The first kappa shape index (κ1) is 24.5. The van der Waals surface area contributed by atoms with Crippen molar-refractivity contribution in [2.75, 3.05) is 33.2 Å². The van der Waals surface area contributed by atoms with Crippen molar-refractivity contribution in [1.29, 1.82) is 0 Å². The molecular weight excluding hydrogens is 448 g/mol. The van der Waals surface area contributed by atoms with Crippen LogP contribution < -0.4 is 14.8 Å². The van der Waals surface area contributed by atoms with E-state index in [9.17, 15) is 18.0 Å². The molecule has 10 heteroatoms. The van der Waals surface area contributed by atoms with Gasteiger partial charge in [0.15, 0.2) is 0 Å². The molecule has 2 aromatic rings. The molecule has 0 saturated carbocycles. The lowest BCUT2D eigenvalue weighted by atomic mass is 10.1. The van der Waals surface area contributed by atoms with E-state index in [1.54, 1.807) is 6.07 Å². The summed E-state index contributed by atoms with van der Waals surface area (Å²) in [6.07, 6.45) is 2.52. The van der Waals surface area contributed by atoms with E-state index in [0.717, 1.165) is 19.3 Å². The monoisotopic (exact) mass is 476 g/mol. The number of anilines is 1. The highest BCUT2D eigenvalue weighted by Crippen LogP contribution is 2.32. The van der Waals surface area contributed by atoms with Crippen molar-refractivity contribution in [3.8, 4) is 11.5 Å². The normalized spacial score (nSPS) is 16.7. The number of carbonyl (C=O) groups excluding carboxylic acids is 2. The third kappa shape index (κ3) is 5.12. The smallest absolute Gasteiger partial charge is 0.340 e. The Bertz CT molecular complexity index is 1150. The summed E-state index contributed by atoms with van der Waals surface area (Å²) in [5.41, 5.74) is 0.414. The van der Waals surface area contributed by atoms with Crippen LogP contribution in [0, 0.1) is 0 Å². The Hall–Kier alpha value is -3.11. The zero-order chi connectivity index (χ0) is 24.2. The summed E-state index contributed by atoms with van der Waals surface area (Å²) in [7, 11) is 0.190. The molecule has 1 aliphatic rings. The quantitative estimate of drug-likeness (QED) is 0.610. The summed E-state index contributed by atoms with van der Waals surface area (Å²) >= 11 is 0. The van der Waals surface area contributed by atoms with Crippen LogP contribution in [0.1, 0.15) is 46.9 Å². The Morgan fingerprint density at radius 2 is 1.79 bits per heavy atom. The molecule has 0 bridgehead atoms. The SMILES string of the molecule is COC(=O)c1cc(OC)ccc1NC(=O)c1ccc(OC)c(S(=O)(=O)N2CCCCC2C)c1. The lowest BCUT2D eigenvalue weighted by Gasteiger charge is -2.32. The van der Waals surface area contributed by atoms with Gasteiger partial charge in [-0.2, -0.15) is 4.31 Å². The number of sulfonamides is 1. The number of rotatable bonds is 7. The Kier molecular flexibility index (Phi) is 7.60. The number of esters is 1. The average molecular weight is 477 g/mol. The number of nitrogens with zero attached hydrogens (tertiary/aromatic N) is 1. The van der Waals surface area contributed by atoms with Crippen LogP contribution in [0.5, 0.6) is 11.5 Å². The van der Waals surface area contributed by atoms with Crippen LogP contribution in [0.2, 0.25) is 0 Å². The van der Waals surface area contributed by atoms with E-state index in [1.165, 1.54) is 56.0 Å². The van der Waals surface area contributed by atoms with Crippen LogP contribution in [0.25, 0.3) is 0 Å². The van der Waals surface area contributed by atoms with E-state index >= 15 is 0 Å². The predicted molar refractivity (Wildman–Crippen MR) is 122 cm³/mol. The van der Waals surface area contributed by atoms with Gasteiger partial charge in [0.1, 0.15) is 16.4 Å². The fraction of sp³-hybridized carbons (Fsp3) is 0.391. The third-order valence-corrected chi connectivity index (χ3v) is 7.67. The van der Waals surface area contributed by atoms with Crippen LogP contribution in [0.15, 0.2) is 41.3 Å². The van der Waals surface area contributed by atoms with Crippen molar-refractivity contribution in [2.24, 2.45) is 0 Å². The van der Waals surface area contributed by atoms with Crippen molar-refractivity contribution < 1.29 is 32.2 Å². The summed E-state index contributed by atoms with van der Waals surface area (Å²) in [6.45, 7) is 2.29. The number of carbonyl (C=O) groups is 2. The number of hydrogen-bond acceptors (Lipinski definition) is 7. The first-order valence-electron chi connectivity index (χ1n) is 10.5. The molecule has 1 amide bonds. The maximum atomic E-state index is 13.4. The second-order valence-corrected chi connectivity index (χ2v) is 9.54. The van der Waals surface area contributed by atoms with Gasteiger partial charge < -0.3 is 19.5 Å². The minimum absolute atomic E-state index is 0.0747. The number of benzene rings is 2. The van der Waals surface area contributed by atoms with Crippen LogP contribution >= 0.6 is 0 Å². The van der Waals surface area contributed by atoms with Gasteiger partial charge in [-0.05, 0) is 56.2 Å². The molecule has 1 saturated heterocycles. The number of ether oxygens (including phenoxy) is 3. The Labute approximate surface area is 193 Å². The van der Waals surface area contributed by atoms with Gasteiger partial charge in [0, 0.05) is 18.2 Å². The zero-order valence-corrected chi connectivity index (χ0v) is 19.9. The topological polar surface area (TPSA) is 111 Å². The van der Waals surface area contributed by atoms with Gasteiger partial charge in [0.05, 0.1) is 32.6 Å². The van der Waals surface area contributed by atoms with Crippen molar-refractivity contribution >= 4 is 27.6 Å². The predicted octanol–water partition coefficient (Wildman–Crippen LogP) is 3.31. The lowest BCUT2D eigenvalue weighted by molar-refractivity contribution is 0.0601. The van der Waals surface area contributed by atoms with Gasteiger partial charge >= 0.3 is 5.97 Å². The molecule has 3 rings (SSSR count). The summed E-state index contributed by atoms with van der Waals surface area (Å²) in [4.78, 5) is 25.1. The molecule has 1 unspecified atom stereocenters. The Morgan fingerprint density at radius 3 is 2.42 bits per heavy atom. The molecule has 1 heterocycles. The van der Waals surface area contributed by atoms with E-state index in [4.69, 9.17) is 14.2 Å². The Balaban J connectivity index is 1.97. The number of methoxy groups -OCH3 is 3. The van der Waals surface area contributed by atoms with Crippen LogP contribution in [0.3, 0.4) is 0 Å². The van der Waals surface area contributed by atoms with Gasteiger partial charge in [-0.15, -0.1) is 0 Å². The van der Waals surface area contributed by atoms with Gasteiger partial charge in [-0.3, -0.25) is 4.79 Å². The zero-order valence-electron chi connectivity index (χ0n) is 19.1. The molecule has 2 aromatic carbocycles. The van der Waals surface area contributed by atoms with Crippen molar-refractivity contribution in [1.82, 2.24) is 4.31 Å². The molecule has 33 heavy (non-hydrogen) atoms. The third-order valence-electron chi connectivity index (χ3n) is 5.63. The largest absolute Gasteiger partial charge is 0.497 e. The summed E-state index contributed by atoms with van der Waals surface area (Å²) in [5, 5.41) is 2.65. The number of nitrogens with one attached hydrogen (secondary N) is 1. The van der Waals surface area contributed by atoms with Gasteiger partial charge in [-0.1, -0.05) is 6.42 Å². The first-order chi connectivity index (χ1) is 15.7. The van der Waals surface area contributed by atoms with Crippen molar-refractivity contribution in [3.63, 3.8) is 0 Å². The molecule has 0 aliphatic carbocycles. The van der Waals surface area contributed by atoms with E-state index in [2.05, 4.69) is 5.32 Å². The highest BCUT2D eigenvalue weighted by atomic mass is 32.2. The molecule has 9 nitrogen and oxygen atoms in total. The van der Waals surface area contributed by atoms with E-state index in [0.29, 0.717) is 12.3 Å². The highest BCUT2D eigenvalue weighted by molar-refractivity contribution is 7.89. The summed E-state index contributed by atoms with van der Waals surface area (Å²) < 4.78 is 43.5. The second kappa shape index (κ2) is 10.2. The van der Waals surface area contributed by atoms with E-state index in [1.807, 2.05) is 6.92 Å². The van der Waals surface area contributed by atoms with E-state index in [-0.39, 0.29) is 33.5 Å². The minimum Gasteiger partial charge on any atom is -0.497 e. The highest BCUT2D eigenvalue weighted by Gasteiger charge is 2.33. The molecule has 0 aromatic heterocycles. The van der Waals surface area contributed by atoms with Crippen molar-refractivity contribution in [2.45, 2.75) is 37.1 Å². The molecule has 1 aliphatic heterocycles.